The van der Waals surface area contributed by atoms with E-state index in [2.05, 4.69) is 33.1 Å². The van der Waals surface area contributed by atoms with Crippen molar-refractivity contribution in [2.45, 2.75) is 44.3 Å². The fourth-order valence-electron chi connectivity index (χ4n) is 2.96. The fraction of sp³-hybridized carbons (Fsp3) is 0.571. The Bertz CT molecular complexity index is 469. The van der Waals surface area contributed by atoms with Crippen molar-refractivity contribution >= 4 is 33.2 Å². The van der Waals surface area contributed by atoms with E-state index in [1.807, 2.05) is 0 Å². The standard InChI is InChI=1S/C14H17BrClFN2/c1-8-4-10(7-19(8)11-2-3-11)18-14-12(15)5-9(17)6-13(14)16/h5-6,8,10-11,18H,2-4,7H2,1H3. The van der Waals surface area contributed by atoms with Gasteiger partial charge in [-0.3, -0.25) is 4.90 Å². The van der Waals surface area contributed by atoms with Crippen LogP contribution in [-0.4, -0.2) is 29.6 Å². The Balaban J connectivity index is 1.72. The summed E-state index contributed by atoms with van der Waals surface area (Å²) in [5.41, 5.74) is 0.804. The normalized spacial score (nSPS) is 27.8. The van der Waals surface area contributed by atoms with Crippen molar-refractivity contribution in [1.82, 2.24) is 4.90 Å². The van der Waals surface area contributed by atoms with Crippen LogP contribution in [0.15, 0.2) is 16.6 Å². The maximum Gasteiger partial charge on any atom is 0.125 e. The average Bonchev–Trinajstić information content (AvgIpc) is 3.09. The Kier molecular flexibility index (Phi) is 3.76. The van der Waals surface area contributed by atoms with Gasteiger partial charge in [0.1, 0.15) is 5.82 Å². The molecule has 104 valence electrons. The van der Waals surface area contributed by atoms with Gasteiger partial charge >= 0.3 is 0 Å². The van der Waals surface area contributed by atoms with Gasteiger partial charge in [-0.1, -0.05) is 11.6 Å². The van der Waals surface area contributed by atoms with Crippen molar-refractivity contribution in [3.63, 3.8) is 0 Å². The molecular weight excluding hydrogens is 331 g/mol. The summed E-state index contributed by atoms with van der Waals surface area (Å²) in [5, 5.41) is 3.90. The van der Waals surface area contributed by atoms with Crippen LogP contribution in [0.1, 0.15) is 26.2 Å². The van der Waals surface area contributed by atoms with Gasteiger partial charge in [0.2, 0.25) is 0 Å². The van der Waals surface area contributed by atoms with Crippen LogP contribution in [-0.2, 0) is 0 Å². The lowest BCUT2D eigenvalue weighted by Crippen LogP contribution is -2.31. The maximum atomic E-state index is 13.2. The minimum absolute atomic E-state index is 0.318. The Morgan fingerprint density at radius 1 is 1.42 bits per heavy atom. The van der Waals surface area contributed by atoms with E-state index in [0.717, 1.165) is 24.7 Å². The molecule has 0 spiro atoms. The zero-order valence-electron chi connectivity index (χ0n) is 10.8. The first-order valence-corrected chi connectivity index (χ1v) is 7.88. The second-order valence-corrected chi connectivity index (χ2v) is 6.86. The molecule has 1 heterocycles. The number of nitrogens with one attached hydrogen (secondary N) is 1. The highest BCUT2D eigenvalue weighted by atomic mass is 79.9. The van der Waals surface area contributed by atoms with Crippen LogP contribution in [0.3, 0.4) is 0 Å². The molecule has 1 saturated heterocycles. The van der Waals surface area contributed by atoms with Crippen LogP contribution in [0.5, 0.6) is 0 Å². The fourth-order valence-corrected chi connectivity index (χ4v) is 3.88. The van der Waals surface area contributed by atoms with Gasteiger partial charge in [0.25, 0.3) is 0 Å². The van der Waals surface area contributed by atoms with Crippen molar-refractivity contribution in [3.8, 4) is 0 Å². The topological polar surface area (TPSA) is 15.3 Å². The number of nitrogens with zero attached hydrogens (tertiary/aromatic N) is 1. The molecule has 2 aliphatic rings. The van der Waals surface area contributed by atoms with Gasteiger partial charge in [-0.25, -0.2) is 4.39 Å². The highest BCUT2D eigenvalue weighted by molar-refractivity contribution is 9.10. The second-order valence-electron chi connectivity index (χ2n) is 5.60. The minimum Gasteiger partial charge on any atom is -0.379 e. The summed E-state index contributed by atoms with van der Waals surface area (Å²) in [4.78, 5) is 2.57. The van der Waals surface area contributed by atoms with E-state index < -0.39 is 0 Å². The molecule has 0 bridgehead atoms. The summed E-state index contributed by atoms with van der Waals surface area (Å²) < 4.78 is 13.9. The molecule has 3 rings (SSSR count). The first-order valence-electron chi connectivity index (χ1n) is 6.71. The highest BCUT2D eigenvalue weighted by Gasteiger charge is 2.38. The van der Waals surface area contributed by atoms with E-state index in [1.54, 1.807) is 0 Å². The lowest BCUT2D eigenvalue weighted by Gasteiger charge is -2.20. The predicted octanol–water partition coefficient (Wildman–Crippen LogP) is 4.28. The van der Waals surface area contributed by atoms with Gasteiger partial charge < -0.3 is 5.32 Å². The van der Waals surface area contributed by atoms with Crippen LogP contribution in [0, 0.1) is 5.82 Å². The van der Waals surface area contributed by atoms with Crippen LogP contribution < -0.4 is 5.32 Å². The molecule has 2 atom stereocenters. The van der Waals surface area contributed by atoms with Crippen molar-refractivity contribution in [2.75, 3.05) is 11.9 Å². The molecule has 1 aliphatic heterocycles. The number of benzene rings is 1. The number of anilines is 1. The molecule has 2 unspecified atom stereocenters. The summed E-state index contributed by atoms with van der Waals surface area (Å²) in [6, 6.07) is 4.59. The van der Waals surface area contributed by atoms with Crippen LogP contribution in [0.2, 0.25) is 5.02 Å². The average molecular weight is 348 g/mol. The highest BCUT2D eigenvalue weighted by Crippen LogP contribution is 2.37. The van der Waals surface area contributed by atoms with Crippen LogP contribution in [0.4, 0.5) is 10.1 Å². The van der Waals surface area contributed by atoms with Crippen molar-refractivity contribution in [3.05, 3.63) is 27.4 Å². The number of likely N-dealkylation sites (tertiary alicyclic amines) is 1. The maximum absolute atomic E-state index is 13.2. The lowest BCUT2D eigenvalue weighted by atomic mass is 10.2. The first kappa shape index (κ1) is 13.7. The van der Waals surface area contributed by atoms with E-state index in [9.17, 15) is 4.39 Å². The largest absolute Gasteiger partial charge is 0.379 e. The third kappa shape index (κ3) is 2.91. The van der Waals surface area contributed by atoms with Gasteiger partial charge in [0.15, 0.2) is 0 Å². The molecule has 2 fully saturated rings. The molecule has 0 amide bonds. The molecule has 5 heteroatoms. The molecule has 1 aromatic rings. The van der Waals surface area contributed by atoms with Crippen molar-refractivity contribution in [2.24, 2.45) is 0 Å². The second kappa shape index (κ2) is 5.23. The van der Waals surface area contributed by atoms with Crippen LogP contribution in [0.25, 0.3) is 0 Å². The SMILES string of the molecule is CC1CC(Nc2c(Cl)cc(F)cc2Br)CN1C1CC1. The minimum atomic E-state index is -0.318. The number of halogens is 3. The van der Waals surface area contributed by atoms with Gasteiger partial charge in [0, 0.05) is 29.1 Å². The van der Waals surface area contributed by atoms with Gasteiger partial charge in [-0.2, -0.15) is 0 Å². The summed E-state index contributed by atoms with van der Waals surface area (Å²) in [6.45, 7) is 3.33. The Morgan fingerprint density at radius 2 is 2.16 bits per heavy atom. The Hall–Kier alpha value is -0.320. The Labute approximate surface area is 126 Å². The smallest absolute Gasteiger partial charge is 0.125 e. The summed E-state index contributed by atoms with van der Waals surface area (Å²) in [5.74, 6) is -0.318. The van der Waals surface area contributed by atoms with Crippen LogP contribution >= 0.6 is 27.5 Å². The van der Waals surface area contributed by atoms with Gasteiger partial charge in [0.05, 0.1) is 10.7 Å². The third-order valence-corrected chi connectivity index (χ3v) is 4.92. The number of hydrogen-bond acceptors (Lipinski definition) is 2. The van der Waals surface area contributed by atoms with Crippen molar-refractivity contribution < 1.29 is 4.39 Å². The molecule has 1 saturated carbocycles. The van der Waals surface area contributed by atoms with E-state index in [1.165, 1.54) is 25.0 Å². The molecular formula is C14H17BrClFN2. The van der Waals surface area contributed by atoms with E-state index >= 15 is 0 Å². The summed E-state index contributed by atoms with van der Waals surface area (Å²) in [7, 11) is 0. The lowest BCUT2D eigenvalue weighted by molar-refractivity contribution is 0.257. The van der Waals surface area contributed by atoms with Crippen molar-refractivity contribution in [1.29, 1.82) is 0 Å². The third-order valence-electron chi connectivity index (χ3n) is 3.99. The molecule has 1 aliphatic carbocycles. The zero-order valence-corrected chi connectivity index (χ0v) is 13.1. The first-order chi connectivity index (χ1) is 9.04. The molecule has 1 aromatic carbocycles. The zero-order chi connectivity index (χ0) is 13.6. The molecule has 1 N–H and O–H groups in total. The number of rotatable bonds is 3. The van der Waals surface area contributed by atoms with E-state index in [-0.39, 0.29) is 5.82 Å². The molecule has 0 radical (unpaired) electrons. The van der Waals surface area contributed by atoms with Gasteiger partial charge in [-0.15, -0.1) is 0 Å². The quantitative estimate of drug-likeness (QED) is 0.878. The number of hydrogen-bond donors (Lipinski definition) is 1. The Morgan fingerprint density at radius 3 is 2.79 bits per heavy atom. The summed E-state index contributed by atoms with van der Waals surface area (Å²) >= 11 is 9.49. The molecule has 19 heavy (non-hydrogen) atoms. The molecule has 2 nitrogen and oxygen atoms in total. The predicted molar refractivity (Wildman–Crippen MR) is 80.3 cm³/mol. The summed E-state index contributed by atoms with van der Waals surface area (Å²) in [6.07, 6.45) is 3.77. The molecule has 0 aromatic heterocycles. The monoisotopic (exact) mass is 346 g/mol. The van der Waals surface area contributed by atoms with E-state index in [4.69, 9.17) is 11.6 Å². The van der Waals surface area contributed by atoms with Gasteiger partial charge in [-0.05, 0) is 54.2 Å². The van der Waals surface area contributed by atoms with E-state index in [0.29, 0.717) is 21.6 Å².